The zero-order chi connectivity index (χ0) is 33.8. The van der Waals surface area contributed by atoms with Gasteiger partial charge < -0.3 is 4.90 Å². The van der Waals surface area contributed by atoms with Gasteiger partial charge in [-0.2, -0.15) is 0 Å². The van der Waals surface area contributed by atoms with Crippen LogP contribution in [0.25, 0.3) is 22.3 Å². The van der Waals surface area contributed by atoms with Crippen molar-refractivity contribution in [2.24, 2.45) is 0 Å². The number of nitrogens with zero attached hydrogens (tertiary/aromatic N) is 1. The van der Waals surface area contributed by atoms with Crippen molar-refractivity contribution in [1.29, 1.82) is 0 Å². The summed E-state index contributed by atoms with van der Waals surface area (Å²) >= 11 is 0. The maximum atomic E-state index is 2.49. The fraction of sp³-hybridized carbons (Fsp3) is 0.0800. The van der Waals surface area contributed by atoms with Crippen LogP contribution in [0.2, 0.25) is 0 Å². The van der Waals surface area contributed by atoms with E-state index in [-0.39, 0.29) is 5.41 Å². The second kappa shape index (κ2) is 11.7. The Bertz CT molecular complexity index is 2430. The average Bonchev–Trinajstić information content (AvgIpc) is 3.50. The van der Waals surface area contributed by atoms with Crippen molar-refractivity contribution < 1.29 is 0 Å². The molecule has 0 fully saturated rings. The van der Waals surface area contributed by atoms with Crippen LogP contribution in [0.4, 0.5) is 11.4 Å². The molecular weight excluding hydrogens is 615 g/mol. The highest BCUT2D eigenvalue weighted by Crippen LogP contribution is 2.57. The van der Waals surface area contributed by atoms with Gasteiger partial charge in [0.15, 0.2) is 0 Å². The highest BCUT2D eigenvalue weighted by Gasteiger charge is 2.46. The van der Waals surface area contributed by atoms with Gasteiger partial charge in [-0.05, 0) is 98.8 Å². The molecule has 1 spiro atoms. The van der Waals surface area contributed by atoms with Crippen LogP contribution in [-0.4, -0.2) is 0 Å². The Labute approximate surface area is 300 Å². The Balaban J connectivity index is 1.12. The molecule has 51 heavy (non-hydrogen) atoms. The van der Waals surface area contributed by atoms with Crippen LogP contribution < -0.4 is 4.90 Å². The first-order valence-corrected chi connectivity index (χ1v) is 18.0. The van der Waals surface area contributed by atoms with E-state index < -0.39 is 5.41 Å². The number of hydrogen-bond donors (Lipinski definition) is 0. The molecule has 0 bridgehead atoms. The number of benzene rings is 7. The van der Waals surface area contributed by atoms with Crippen LogP contribution in [0, 0.1) is 0 Å². The molecule has 7 aromatic carbocycles. The molecule has 0 radical (unpaired) electrons. The molecule has 3 aliphatic carbocycles. The Morgan fingerprint density at radius 1 is 0.431 bits per heavy atom. The standard InChI is InChI=1S/C50H37N/c1-4-17-37(18-5-1)50(38-19-6-2-7-20-38)47-27-15-13-25-44(47)45-34-41(28-29-48(45)50)51(39-21-8-3-9-22-39)40-30-32-49(33-31-40)35-36-16-10-11-23-42(36)43-24-12-14-26-46(43)49/h1-32,34H,33,35H2. The summed E-state index contributed by atoms with van der Waals surface area (Å²) < 4.78 is 0. The van der Waals surface area contributed by atoms with Crippen molar-refractivity contribution in [2.45, 2.75) is 23.7 Å². The monoisotopic (exact) mass is 651 g/mol. The SMILES string of the molecule is C1=CC2(CC=C1N(c1ccccc1)c1ccc3c(c1)-c1ccccc1C3(c1ccccc1)c1ccccc1)Cc1ccccc1-c1ccccc12. The van der Waals surface area contributed by atoms with Gasteiger partial charge in [0.25, 0.3) is 0 Å². The lowest BCUT2D eigenvalue weighted by atomic mass is 9.64. The van der Waals surface area contributed by atoms with Crippen molar-refractivity contribution in [3.8, 4) is 22.3 Å². The summed E-state index contributed by atoms with van der Waals surface area (Å²) in [5.41, 5.74) is 16.4. The lowest BCUT2D eigenvalue weighted by Gasteiger charge is -2.40. The molecule has 0 saturated heterocycles. The van der Waals surface area contributed by atoms with Crippen molar-refractivity contribution in [3.63, 3.8) is 0 Å². The molecule has 7 aromatic rings. The number of para-hydroxylation sites is 1. The molecule has 3 aliphatic rings. The van der Waals surface area contributed by atoms with Crippen molar-refractivity contribution in [3.05, 3.63) is 239 Å². The van der Waals surface area contributed by atoms with Crippen LogP contribution in [0.15, 0.2) is 206 Å². The van der Waals surface area contributed by atoms with Crippen LogP contribution >= 0.6 is 0 Å². The third kappa shape index (κ3) is 4.48. The molecule has 0 saturated carbocycles. The largest absolute Gasteiger partial charge is 0.311 e. The molecule has 1 unspecified atom stereocenters. The number of anilines is 2. The number of allylic oxidation sites excluding steroid dienone is 3. The second-order valence-electron chi connectivity index (χ2n) is 14.1. The van der Waals surface area contributed by atoms with E-state index >= 15 is 0 Å². The van der Waals surface area contributed by atoms with E-state index in [0.29, 0.717) is 0 Å². The van der Waals surface area contributed by atoms with E-state index in [1.54, 1.807) is 0 Å². The predicted molar refractivity (Wildman–Crippen MR) is 211 cm³/mol. The van der Waals surface area contributed by atoms with Crippen molar-refractivity contribution in [1.82, 2.24) is 0 Å². The average molecular weight is 652 g/mol. The molecule has 1 nitrogen and oxygen atoms in total. The summed E-state index contributed by atoms with van der Waals surface area (Å²) in [6, 6.07) is 67.0. The first-order chi connectivity index (χ1) is 25.3. The number of rotatable bonds is 5. The molecule has 0 N–H and O–H groups in total. The molecule has 0 aliphatic heterocycles. The fourth-order valence-electron chi connectivity index (χ4n) is 9.29. The summed E-state index contributed by atoms with van der Waals surface area (Å²) in [7, 11) is 0. The summed E-state index contributed by atoms with van der Waals surface area (Å²) in [6.45, 7) is 0. The first kappa shape index (κ1) is 29.7. The Hall–Kier alpha value is -6.18. The lowest BCUT2D eigenvalue weighted by Crippen LogP contribution is -2.32. The maximum Gasteiger partial charge on any atom is 0.0713 e. The van der Waals surface area contributed by atoms with Crippen LogP contribution in [0.1, 0.15) is 39.8 Å². The highest BCUT2D eigenvalue weighted by atomic mass is 15.1. The minimum absolute atomic E-state index is 0.0708. The smallest absolute Gasteiger partial charge is 0.0713 e. The van der Waals surface area contributed by atoms with E-state index in [2.05, 4.69) is 205 Å². The van der Waals surface area contributed by atoms with E-state index in [1.165, 1.54) is 61.3 Å². The minimum Gasteiger partial charge on any atom is -0.311 e. The number of hydrogen-bond acceptors (Lipinski definition) is 1. The zero-order valence-electron chi connectivity index (χ0n) is 28.4. The van der Waals surface area contributed by atoms with Gasteiger partial charge in [0.2, 0.25) is 0 Å². The summed E-state index contributed by atoms with van der Waals surface area (Å²) in [6.07, 6.45) is 9.28. The Morgan fingerprint density at radius 2 is 0.980 bits per heavy atom. The first-order valence-electron chi connectivity index (χ1n) is 18.0. The third-order valence-corrected chi connectivity index (χ3v) is 11.5. The summed E-state index contributed by atoms with van der Waals surface area (Å²) in [4.78, 5) is 2.44. The van der Waals surface area contributed by atoms with Gasteiger partial charge in [-0.3, -0.25) is 0 Å². The molecule has 0 aromatic heterocycles. The summed E-state index contributed by atoms with van der Waals surface area (Å²) in [5.74, 6) is 0. The predicted octanol–water partition coefficient (Wildman–Crippen LogP) is 12.2. The van der Waals surface area contributed by atoms with Gasteiger partial charge in [-0.15, -0.1) is 0 Å². The van der Waals surface area contributed by atoms with E-state index in [4.69, 9.17) is 0 Å². The molecule has 1 atom stereocenters. The molecule has 0 amide bonds. The molecule has 1 heteroatoms. The normalized spacial score (nSPS) is 17.5. The molecular formula is C50H37N. The van der Waals surface area contributed by atoms with E-state index in [0.717, 1.165) is 24.2 Å². The lowest BCUT2D eigenvalue weighted by molar-refractivity contribution is 0.526. The van der Waals surface area contributed by atoms with Crippen molar-refractivity contribution >= 4 is 11.4 Å². The number of fused-ring (bicyclic) bond motifs is 7. The Morgan fingerprint density at radius 3 is 1.65 bits per heavy atom. The van der Waals surface area contributed by atoms with Crippen LogP contribution in [0.3, 0.4) is 0 Å². The topological polar surface area (TPSA) is 3.24 Å². The van der Waals surface area contributed by atoms with Crippen molar-refractivity contribution in [2.75, 3.05) is 4.90 Å². The van der Waals surface area contributed by atoms with Gasteiger partial charge in [0.1, 0.15) is 0 Å². The molecule has 242 valence electrons. The minimum atomic E-state index is -0.411. The molecule has 0 heterocycles. The quantitative estimate of drug-likeness (QED) is 0.179. The van der Waals surface area contributed by atoms with Gasteiger partial charge in [0.05, 0.1) is 5.41 Å². The van der Waals surface area contributed by atoms with E-state index in [9.17, 15) is 0 Å². The maximum absolute atomic E-state index is 2.49. The molecule has 10 rings (SSSR count). The zero-order valence-corrected chi connectivity index (χ0v) is 28.4. The van der Waals surface area contributed by atoms with Gasteiger partial charge in [-0.1, -0.05) is 170 Å². The third-order valence-electron chi connectivity index (χ3n) is 11.5. The fourth-order valence-corrected chi connectivity index (χ4v) is 9.29. The van der Waals surface area contributed by atoms with Gasteiger partial charge in [0, 0.05) is 22.5 Å². The second-order valence-corrected chi connectivity index (χ2v) is 14.1. The van der Waals surface area contributed by atoms with Crippen LogP contribution in [-0.2, 0) is 17.3 Å². The van der Waals surface area contributed by atoms with Crippen LogP contribution in [0.5, 0.6) is 0 Å². The van der Waals surface area contributed by atoms with Gasteiger partial charge >= 0.3 is 0 Å². The highest BCUT2D eigenvalue weighted by molar-refractivity contribution is 5.89. The Kier molecular flexibility index (Phi) is 6.82. The van der Waals surface area contributed by atoms with Gasteiger partial charge in [-0.25, -0.2) is 0 Å². The summed E-state index contributed by atoms with van der Waals surface area (Å²) in [5, 5.41) is 0. The van der Waals surface area contributed by atoms with E-state index in [1.807, 2.05) is 0 Å².